The maximum atomic E-state index is 13.4. The normalized spacial score (nSPS) is 9.70. The van der Waals surface area contributed by atoms with E-state index in [1.165, 1.54) is 12.1 Å². The van der Waals surface area contributed by atoms with Crippen LogP contribution in [0.4, 0.5) is 4.39 Å². The molecule has 0 spiro atoms. The molecule has 0 atom stereocenters. The third-order valence-electron chi connectivity index (χ3n) is 2.59. The van der Waals surface area contributed by atoms with Gasteiger partial charge in [0, 0.05) is 30.4 Å². The summed E-state index contributed by atoms with van der Waals surface area (Å²) in [4.78, 5) is 3.94. The summed E-state index contributed by atoms with van der Waals surface area (Å²) >= 11 is 0. The molecule has 1 heterocycles. The fourth-order valence-electron chi connectivity index (χ4n) is 1.70. The first-order valence-electron chi connectivity index (χ1n) is 6.20. The van der Waals surface area contributed by atoms with Gasteiger partial charge >= 0.3 is 0 Å². The molecular formula is C16H14FNO2. The number of aliphatic hydroxyl groups excluding tert-OH is 1. The molecule has 2 rings (SSSR count). The van der Waals surface area contributed by atoms with Gasteiger partial charge in [-0.25, -0.2) is 4.39 Å². The van der Waals surface area contributed by atoms with E-state index in [9.17, 15) is 4.39 Å². The molecule has 0 amide bonds. The van der Waals surface area contributed by atoms with Crippen molar-refractivity contribution in [2.75, 3.05) is 13.2 Å². The molecule has 102 valence electrons. The first kappa shape index (κ1) is 14.0. The molecule has 0 saturated carbocycles. The number of hydrogen-bond acceptors (Lipinski definition) is 3. The molecule has 0 aliphatic heterocycles. The maximum absolute atomic E-state index is 13.4. The van der Waals surface area contributed by atoms with E-state index in [4.69, 9.17) is 9.84 Å². The summed E-state index contributed by atoms with van der Waals surface area (Å²) in [6, 6.07) is 8.09. The highest BCUT2D eigenvalue weighted by molar-refractivity contribution is 5.40. The molecule has 0 radical (unpaired) electrons. The number of hydrogen-bond donors (Lipinski definition) is 1. The van der Waals surface area contributed by atoms with Gasteiger partial charge < -0.3 is 9.84 Å². The van der Waals surface area contributed by atoms with Crippen LogP contribution in [0.5, 0.6) is 5.75 Å². The van der Waals surface area contributed by atoms with Crippen LogP contribution in [0.25, 0.3) is 0 Å². The third kappa shape index (κ3) is 4.38. The van der Waals surface area contributed by atoms with Crippen molar-refractivity contribution in [3.63, 3.8) is 0 Å². The Labute approximate surface area is 117 Å². The minimum atomic E-state index is -0.409. The van der Waals surface area contributed by atoms with Crippen LogP contribution in [0.1, 0.15) is 11.1 Å². The summed E-state index contributed by atoms with van der Waals surface area (Å²) in [5, 5.41) is 8.63. The van der Waals surface area contributed by atoms with Crippen LogP contribution in [-0.2, 0) is 6.42 Å². The van der Waals surface area contributed by atoms with Gasteiger partial charge in [-0.2, -0.15) is 0 Å². The van der Waals surface area contributed by atoms with Gasteiger partial charge in [-0.1, -0.05) is 11.8 Å². The Morgan fingerprint density at radius 2 is 2.00 bits per heavy atom. The van der Waals surface area contributed by atoms with Crippen LogP contribution in [0.15, 0.2) is 42.7 Å². The predicted molar refractivity (Wildman–Crippen MR) is 73.8 cm³/mol. The van der Waals surface area contributed by atoms with Gasteiger partial charge in [0.25, 0.3) is 0 Å². The molecule has 0 unspecified atom stereocenters. The molecule has 1 N–H and O–H groups in total. The van der Waals surface area contributed by atoms with Crippen molar-refractivity contribution < 1.29 is 14.2 Å². The topological polar surface area (TPSA) is 42.4 Å². The summed E-state index contributed by atoms with van der Waals surface area (Å²) < 4.78 is 18.9. The fourth-order valence-corrected chi connectivity index (χ4v) is 1.70. The Bertz CT molecular complexity index is 617. The second-order valence-electron chi connectivity index (χ2n) is 4.09. The van der Waals surface area contributed by atoms with Gasteiger partial charge in [-0.05, 0) is 29.8 Å². The average molecular weight is 271 g/mol. The summed E-state index contributed by atoms with van der Waals surface area (Å²) in [7, 11) is 0. The highest BCUT2D eigenvalue weighted by Gasteiger charge is 2.01. The number of benzene rings is 1. The van der Waals surface area contributed by atoms with Crippen molar-refractivity contribution in [2.45, 2.75) is 6.42 Å². The van der Waals surface area contributed by atoms with Gasteiger partial charge in [0.05, 0.1) is 6.61 Å². The lowest BCUT2D eigenvalue weighted by Gasteiger charge is -2.07. The SMILES string of the molecule is OCC#Cc1cc(F)cc(OCCc2ccncc2)c1. The van der Waals surface area contributed by atoms with E-state index >= 15 is 0 Å². The van der Waals surface area contributed by atoms with E-state index in [1.807, 2.05) is 12.1 Å². The van der Waals surface area contributed by atoms with Crippen LogP contribution < -0.4 is 4.74 Å². The van der Waals surface area contributed by atoms with Gasteiger partial charge in [0.15, 0.2) is 0 Å². The van der Waals surface area contributed by atoms with Gasteiger partial charge in [0.1, 0.15) is 18.2 Å². The van der Waals surface area contributed by atoms with Crippen LogP contribution in [0.3, 0.4) is 0 Å². The summed E-state index contributed by atoms with van der Waals surface area (Å²) in [6.07, 6.45) is 4.16. The van der Waals surface area contributed by atoms with Crippen molar-refractivity contribution in [3.05, 3.63) is 59.7 Å². The first-order valence-corrected chi connectivity index (χ1v) is 6.20. The lowest BCUT2D eigenvalue weighted by atomic mass is 10.2. The van der Waals surface area contributed by atoms with Gasteiger partial charge in [-0.3, -0.25) is 4.98 Å². The first-order chi connectivity index (χ1) is 9.78. The molecule has 2 aromatic rings. The van der Waals surface area contributed by atoms with E-state index in [0.717, 1.165) is 12.0 Å². The highest BCUT2D eigenvalue weighted by atomic mass is 19.1. The van der Waals surface area contributed by atoms with Crippen LogP contribution in [0.2, 0.25) is 0 Å². The monoisotopic (exact) mass is 271 g/mol. The molecule has 4 heteroatoms. The third-order valence-corrected chi connectivity index (χ3v) is 2.59. The second-order valence-corrected chi connectivity index (χ2v) is 4.09. The molecule has 0 bridgehead atoms. The molecule has 1 aromatic heterocycles. The molecule has 1 aromatic carbocycles. The number of halogens is 1. The van der Waals surface area contributed by atoms with E-state index in [-0.39, 0.29) is 6.61 Å². The van der Waals surface area contributed by atoms with Crippen molar-refractivity contribution >= 4 is 0 Å². The molecule has 3 nitrogen and oxygen atoms in total. The molecule has 0 aliphatic carbocycles. The lowest BCUT2D eigenvalue weighted by molar-refractivity contribution is 0.320. The Hall–Kier alpha value is -2.38. The number of pyridine rings is 1. The van der Waals surface area contributed by atoms with Crippen molar-refractivity contribution in [2.24, 2.45) is 0 Å². The maximum Gasteiger partial charge on any atom is 0.128 e. The van der Waals surface area contributed by atoms with Gasteiger partial charge in [-0.15, -0.1) is 0 Å². The molecule has 0 saturated heterocycles. The smallest absolute Gasteiger partial charge is 0.128 e. The van der Waals surface area contributed by atoms with E-state index in [0.29, 0.717) is 17.9 Å². The average Bonchev–Trinajstić information content (AvgIpc) is 2.46. The van der Waals surface area contributed by atoms with E-state index in [2.05, 4.69) is 16.8 Å². The molecule has 0 fully saturated rings. The molecular weight excluding hydrogens is 257 g/mol. The van der Waals surface area contributed by atoms with E-state index in [1.54, 1.807) is 18.5 Å². The highest BCUT2D eigenvalue weighted by Crippen LogP contribution is 2.16. The number of rotatable bonds is 4. The number of nitrogens with zero attached hydrogens (tertiary/aromatic N) is 1. The van der Waals surface area contributed by atoms with Crippen LogP contribution >= 0.6 is 0 Å². The van der Waals surface area contributed by atoms with Crippen molar-refractivity contribution in [1.82, 2.24) is 4.98 Å². The number of aromatic nitrogens is 1. The van der Waals surface area contributed by atoms with Crippen molar-refractivity contribution in [1.29, 1.82) is 0 Å². The molecule has 0 aliphatic rings. The quantitative estimate of drug-likeness (QED) is 0.867. The lowest BCUT2D eigenvalue weighted by Crippen LogP contribution is -2.02. The zero-order chi connectivity index (χ0) is 14.2. The summed E-state index contributed by atoms with van der Waals surface area (Å²) in [5.74, 6) is 5.16. The zero-order valence-electron chi connectivity index (χ0n) is 10.8. The largest absolute Gasteiger partial charge is 0.493 e. The Morgan fingerprint density at radius 3 is 2.75 bits per heavy atom. The minimum absolute atomic E-state index is 0.255. The zero-order valence-corrected chi connectivity index (χ0v) is 10.8. The standard InChI is InChI=1S/C16H14FNO2/c17-15-10-14(2-1-8-19)11-16(12-15)20-9-5-13-3-6-18-7-4-13/h3-4,6-7,10-12,19H,5,8-9H2. The van der Waals surface area contributed by atoms with Crippen LogP contribution in [-0.4, -0.2) is 23.3 Å². The predicted octanol–water partition coefficient (Wildman–Crippen LogP) is 2.19. The number of aliphatic hydroxyl groups is 1. The Morgan fingerprint density at radius 1 is 1.20 bits per heavy atom. The van der Waals surface area contributed by atoms with E-state index < -0.39 is 5.82 Å². The summed E-state index contributed by atoms with van der Waals surface area (Å²) in [5.41, 5.74) is 1.59. The van der Waals surface area contributed by atoms with Crippen LogP contribution in [0, 0.1) is 17.7 Å². The fraction of sp³-hybridized carbons (Fsp3) is 0.188. The Balaban J connectivity index is 1.97. The minimum Gasteiger partial charge on any atom is -0.493 e. The molecule has 20 heavy (non-hydrogen) atoms. The van der Waals surface area contributed by atoms with Crippen molar-refractivity contribution in [3.8, 4) is 17.6 Å². The van der Waals surface area contributed by atoms with Gasteiger partial charge in [0.2, 0.25) is 0 Å². The summed E-state index contributed by atoms with van der Waals surface area (Å²) in [6.45, 7) is 0.190. The second kappa shape index (κ2) is 7.27. The Kier molecular flexibility index (Phi) is 5.10. The number of ether oxygens (including phenoxy) is 1.